The average Bonchev–Trinajstić information content (AvgIpc) is 2.75. The quantitative estimate of drug-likeness (QED) is 0.657. The molecule has 17 heavy (non-hydrogen) atoms. The van der Waals surface area contributed by atoms with Gasteiger partial charge in [0.25, 0.3) is 0 Å². The molecule has 0 aliphatic rings. The van der Waals surface area contributed by atoms with Gasteiger partial charge >= 0.3 is 0 Å². The fourth-order valence-electron chi connectivity index (χ4n) is 1.65. The van der Waals surface area contributed by atoms with Crippen LogP contribution in [0.4, 0.5) is 5.69 Å². The average molecular weight is 242 g/mol. The number of hydrogen-bond acceptors (Lipinski definition) is 4. The summed E-state index contributed by atoms with van der Waals surface area (Å²) in [5.41, 5.74) is 2.95. The first kappa shape index (κ1) is 10.2. The summed E-state index contributed by atoms with van der Waals surface area (Å²) in [6.45, 7) is 2.05. The topological polar surface area (TPSA) is 42.5 Å². The zero-order valence-electron chi connectivity index (χ0n) is 9.24. The van der Waals surface area contributed by atoms with Gasteiger partial charge in [0.15, 0.2) is 5.65 Å². The molecule has 0 aliphatic heterocycles. The number of hydrogen-bond donors (Lipinski definition) is 0. The largest absolute Gasteiger partial charge is 0.272 e. The van der Waals surface area contributed by atoms with Gasteiger partial charge in [-0.25, -0.2) is 4.99 Å². The highest BCUT2D eigenvalue weighted by Gasteiger charge is 2.00. The Bertz CT molecular complexity index is 712. The van der Waals surface area contributed by atoms with Gasteiger partial charge in [-0.05, 0) is 31.2 Å². The molecule has 0 spiro atoms. The van der Waals surface area contributed by atoms with E-state index in [1.807, 2.05) is 41.7 Å². The number of pyridine rings is 2. The van der Waals surface area contributed by atoms with Crippen LogP contribution in [-0.4, -0.2) is 13.8 Å². The third-order valence-electron chi connectivity index (χ3n) is 2.46. The van der Waals surface area contributed by atoms with Crippen molar-refractivity contribution in [3.63, 3.8) is 0 Å². The Morgan fingerprint density at radius 2 is 2.00 bits per heavy atom. The van der Waals surface area contributed by atoms with Gasteiger partial charge in [0.05, 0.1) is 5.69 Å². The minimum atomic E-state index is 0.879. The molecule has 0 saturated carbocycles. The van der Waals surface area contributed by atoms with Crippen LogP contribution in [0.5, 0.6) is 0 Å². The lowest BCUT2D eigenvalue weighted by atomic mass is 10.4. The summed E-state index contributed by atoms with van der Waals surface area (Å²) >= 11 is 1.40. The number of aromatic nitrogens is 3. The van der Waals surface area contributed by atoms with Crippen LogP contribution in [0, 0.1) is 6.92 Å². The van der Waals surface area contributed by atoms with Gasteiger partial charge in [-0.3, -0.25) is 9.38 Å². The van der Waals surface area contributed by atoms with Crippen molar-refractivity contribution in [1.29, 1.82) is 0 Å². The Morgan fingerprint density at radius 3 is 2.82 bits per heavy atom. The molecule has 0 bridgehead atoms. The number of rotatable bonds is 1. The van der Waals surface area contributed by atoms with E-state index in [1.165, 1.54) is 11.5 Å². The summed E-state index contributed by atoms with van der Waals surface area (Å²) < 4.78 is 6.42. The lowest BCUT2D eigenvalue weighted by Crippen LogP contribution is -2.08. The molecule has 0 amide bonds. The Labute approximate surface area is 102 Å². The SMILES string of the molecule is Cc1cccc2ns/c(=N\c3ccncc3)n12. The lowest BCUT2D eigenvalue weighted by molar-refractivity contribution is 1.02. The van der Waals surface area contributed by atoms with Gasteiger partial charge in [-0.1, -0.05) is 6.07 Å². The van der Waals surface area contributed by atoms with E-state index in [0.717, 1.165) is 21.8 Å². The van der Waals surface area contributed by atoms with Gasteiger partial charge in [0.1, 0.15) is 0 Å². The molecule has 0 fully saturated rings. The predicted octanol–water partition coefficient (Wildman–Crippen LogP) is 2.33. The predicted molar refractivity (Wildman–Crippen MR) is 67.3 cm³/mol. The van der Waals surface area contributed by atoms with Gasteiger partial charge in [0.2, 0.25) is 4.80 Å². The van der Waals surface area contributed by atoms with Crippen molar-refractivity contribution < 1.29 is 0 Å². The fraction of sp³-hybridized carbons (Fsp3) is 0.0833. The van der Waals surface area contributed by atoms with E-state index in [0.29, 0.717) is 0 Å². The van der Waals surface area contributed by atoms with Crippen molar-refractivity contribution in [2.45, 2.75) is 6.92 Å². The Kier molecular flexibility index (Phi) is 2.45. The van der Waals surface area contributed by atoms with Crippen LogP contribution >= 0.6 is 11.5 Å². The fourth-order valence-corrected chi connectivity index (χ4v) is 2.43. The highest BCUT2D eigenvalue weighted by Crippen LogP contribution is 2.09. The molecule has 3 aromatic rings. The molecule has 0 radical (unpaired) electrons. The van der Waals surface area contributed by atoms with Crippen LogP contribution in [0.1, 0.15) is 5.69 Å². The molecule has 0 aromatic carbocycles. The molecule has 84 valence electrons. The van der Waals surface area contributed by atoms with Crippen molar-refractivity contribution in [2.24, 2.45) is 4.99 Å². The van der Waals surface area contributed by atoms with Gasteiger partial charge in [0, 0.05) is 29.6 Å². The third kappa shape index (κ3) is 1.85. The maximum Gasteiger partial charge on any atom is 0.214 e. The monoisotopic (exact) mass is 242 g/mol. The van der Waals surface area contributed by atoms with E-state index in [4.69, 9.17) is 0 Å². The van der Waals surface area contributed by atoms with Crippen LogP contribution < -0.4 is 4.80 Å². The highest BCUT2D eigenvalue weighted by atomic mass is 32.1. The minimum absolute atomic E-state index is 0.879. The van der Waals surface area contributed by atoms with E-state index in [1.54, 1.807) is 12.4 Å². The van der Waals surface area contributed by atoms with Crippen molar-refractivity contribution >= 4 is 22.9 Å². The molecular formula is C12H10N4S. The van der Waals surface area contributed by atoms with Crippen LogP contribution in [0.2, 0.25) is 0 Å². The molecule has 4 nitrogen and oxygen atoms in total. The van der Waals surface area contributed by atoms with Crippen LogP contribution in [0.3, 0.4) is 0 Å². The zero-order valence-corrected chi connectivity index (χ0v) is 10.1. The second-order valence-corrected chi connectivity index (χ2v) is 4.37. The number of aryl methyl sites for hydroxylation is 1. The smallest absolute Gasteiger partial charge is 0.214 e. The van der Waals surface area contributed by atoms with E-state index >= 15 is 0 Å². The van der Waals surface area contributed by atoms with E-state index < -0.39 is 0 Å². The maximum absolute atomic E-state index is 4.57. The molecular weight excluding hydrogens is 232 g/mol. The zero-order chi connectivity index (χ0) is 11.7. The van der Waals surface area contributed by atoms with E-state index in [-0.39, 0.29) is 0 Å². The number of fused-ring (bicyclic) bond motifs is 1. The summed E-state index contributed by atoms with van der Waals surface area (Å²) in [7, 11) is 0. The normalized spacial score (nSPS) is 12.2. The van der Waals surface area contributed by atoms with Gasteiger partial charge < -0.3 is 0 Å². The van der Waals surface area contributed by atoms with Crippen molar-refractivity contribution in [1.82, 2.24) is 13.8 Å². The molecule has 0 unspecified atom stereocenters. The first-order chi connectivity index (χ1) is 8.34. The first-order valence-electron chi connectivity index (χ1n) is 5.23. The van der Waals surface area contributed by atoms with Crippen LogP contribution in [0.25, 0.3) is 5.65 Å². The van der Waals surface area contributed by atoms with Crippen LogP contribution in [0.15, 0.2) is 47.7 Å². The Morgan fingerprint density at radius 1 is 1.18 bits per heavy atom. The van der Waals surface area contributed by atoms with Crippen molar-refractivity contribution in [3.05, 3.63) is 53.2 Å². The third-order valence-corrected chi connectivity index (χ3v) is 3.18. The maximum atomic E-state index is 4.57. The molecule has 0 saturated heterocycles. The molecule has 0 atom stereocenters. The summed E-state index contributed by atoms with van der Waals surface area (Å²) in [4.78, 5) is 9.42. The second kappa shape index (κ2) is 4.10. The second-order valence-electron chi connectivity index (χ2n) is 3.64. The Balaban J connectivity index is 2.29. The van der Waals surface area contributed by atoms with Gasteiger partial charge in [-0.2, -0.15) is 4.37 Å². The molecule has 3 heterocycles. The molecule has 3 aromatic heterocycles. The summed E-state index contributed by atoms with van der Waals surface area (Å²) in [6, 6.07) is 9.79. The van der Waals surface area contributed by atoms with Crippen LogP contribution in [-0.2, 0) is 0 Å². The number of nitrogens with zero attached hydrogens (tertiary/aromatic N) is 4. The van der Waals surface area contributed by atoms with E-state index in [2.05, 4.69) is 14.3 Å². The summed E-state index contributed by atoms with van der Waals surface area (Å²) in [6.07, 6.45) is 3.47. The van der Waals surface area contributed by atoms with Gasteiger partial charge in [-0.15, -0.1) is 0 Å². The van der Waals surface area contributed by atoms with Crippen molar-refractivity contribution in [3.8, 4) is 0 Å². The van der Waals surface area contributed by atoms with Crippen molar-refractivity contribution in [2.75, 3.05) is 0 Å². The summed E-state index contributed by atoms with van der Waals surface area (Å²) in [5, 5.41) is 0. The van der Waals surface area contributed by atoms with E-state index in [9.17, 15) is 0 Å². The summed E-state index contributed by atoms with van der Waals surface area (Å²) in [5.74, 6) is 0. The molecule has 3 rings (SSSR count). The standard InChI is InChI=1S/C12H10N4S/c1-9-3-2-4-11-15-17-12(16(9)11)14-10-5-7-13-8-6-10/h2-8H,1H3/b14-12-. The lowest BCUT2D eigenvalue weighted by Gasteiger charge is -1.97. The molecule has 0 aliphatic carbocycles. The first-order valence-corrected chi connectivity index (χ1v) is 6.01. The highest BCUT2D eigenvalue weighted by molar-refractivity contribution is 7.03. The Hall–Kier alpha value is -2.01. The molecule has 5 heteroatoms. The molecule has 0 N–H and O–H groups in total. The minimum Gasteiger partial charge on any atom is -0.272 e.